The van der Waals surface area contributed by atoms with E-state index in [1.165, 1.54) is 4.90 Å². The SMILES string of the molecule is CC(C)(C)N(CC(=O)O)C(=O)Cc1ccccc1CN. The van der Waals surface area contributed by atoms with E-state index in [1.807, 2.05) is 45.0 Å². The van der Waals surface area contributed by atoms with Gasteiger partial charge in [-0.25, -0.2) is 0 Å². The molecule has 20 heavy (non-hydrogen) atoms. The number of amides is 1. The number of benzene rings is 1. The number of carboxylic acid groups (broad SMARTS) is 1. The molecule has 0 aliphatic rings. The molecule has 1 rings (SSSR count). The summed E-state index contributed by atoms with van der Waals surface area (Å²) < 4.78 is 0. The second-order valence-electron chi connectivity index (χ2n) is 5.69. The van der Waals surface area contributed by atoms with Crippen molar-refractivity contribution in [1.82, 2.24) is 4.90 Å². The Balaban J connectivity index is 2.94. The van der Waals surface area contributed by atoms with E-state index in [2.05, 4.69) is 0 Å². The molecule has 0 atom stereocenters. The van der Waals surface area contributed by atoms with Gasteiger partial charge in [-0.15, -0.1) is 0 Å². The summed E-state index contributed by atoms with van der Waals surface area (Å²) in [5, 5.41) is 8.95. The lowest BCUT2D eigenvalue weighted by atomic mass is 10.0. The number of aliphatic carboxylic acids is 1. The second-order valence-corrected chi connectivity index (χ2v) is 5.69. The Bertz CT molecular complexity index is 492. The van der Waals surface area contributed by atoms with E-state index in [-0.39, 0.29) is 18.9 Å². The quantitative estimate of drug-likeness (QED) is 0.852. The zero-order chi connectivity index (χ0) is 15.3. The lowest BCUT2D eigenvalue weighted by Crippen LogP contribution is -2.48. The van der Waals surface area contributed by atoms with Gasteiger partial charge in [0.05, 0.1) is 6.42 Å². The van der Waals surface area contributed by atoms with Crippen LogP contribution in [0.3, 0.4) is 0 Å². The van der Waals surface area contributed by atoms with Crippen LogP contribution in [0.15, 0.2) is 24.3 Å². The highest BCUT2D eigenvalue weighted by molar-refractivity contribution is 5.83. The Morgan fingerprint density at radius 3 is 2.20 bits per heavy atom. The highest BCUT2D eigenvalue weighted by Gasteiger charge is 2.28. The minimum atomic E-state index is -1.01. The van der Waals surface area contributed by atoms with Crippen LogP contribution in [0.5, 0.6) is 0 Å². The molecule has 0 bridgehead atoms. The summed E-state index contributed by atoms with van der Waals surface area (Å²) in [6.07, 6.45) is 0.165. The third kappa shape index (κ3) is 4.35. The van der Waals surface area contributed by atoms with E-state index in [0.717, 1.165) is 11.1 Å². The summed E-state index contributed by atoms with van der Waals surface area (Å²) in [7, 11) is 0. The van der Waals surface area contributed by atoms with Gasteiger partial charge in [-0.2, -0.15) is 0 Å². The first-order valence-electron chi connectivity index (χ1n) is 6.55. The zero-order valence-electron chi connectivity index (χ0n) is 12.2. The summed E-state index contributed by atoms with van der Waals surface area (Å²) in [5.41, 5.74) is 6.87. The van der Waals surface area contributed by atoms with Crippen LogP contribution in [0.4, 0.5) is 0 Å². The van der Waals surface area contributed by atoms with Gasteiger partial charge in [0.2, 0.25) is 5.91 Å². The number of hydrogen-bond donors (Lipinski definition) is 2. The van der Waals surface area contributed by atoms with Crippen molar-refractivity contribution in [2.75, 3.05) is 6.54 Å². The predicted octanol–water partition coefficient (Wildman–Crippen LogP) is 1.40. The number of rotatable bonds is 5. The lowest BCUT2D eigenvalue weighted by Gasteiger charge is -2.34. The molecule has 1 aromatic carbocycles. The van der Waals surface area contributed by atoms with Crippen molar-refractivity contribution >= 4 is 11.9 Å². The third-order valence-corrected chi connectivity index (χ3v) is 3.08. The van der Waals surface area contributed by atoms with Crippen molar-refractivity contribution in [1.29, 1.82) is 0 Å². The largest absolute Gasteiger partial charge is 0.480 e. The fourth-order valence-corrected chi connectivity index (χ4v) is 2.02. The fraction of sp³-hybridized carbons (Fsp3) is 0.467. The predicted molar refractivity (Wildman–Crippen MR) is 77.1 cm³/mol. The van der Waals surface area contributed by atoms with Gasteiger partial charge >= 0.3 is 5.97 Å². The Labute approximate surface area is 119 Å². The highest BCUT2D eigenvalue weighted by atomic mass is 16.4. The van der Waals surface area contributed by atoms with E-state index in [9.17, 15) is 9.59 Å². The Hall–Kier alpha value is -1.88. The standard InChI is InChI=1S/C15H22N2O3/c1-15(2,3)17(10-14(19)20)13(18)8-11-6-4-5-7-12(11)9-16/h4-7H,8-10,16H2,1-3H3,(H,19,20). The van der Waals surface area contributed by atoms with Crippen molar-refractivity contribution in [2.45, 2.75) is 39.3 Å². The van der Waals surface area contributed by atoms with Crippen LogP contribution >= 0.6 is 0 Å². The number of carboxylic acids is 1. The van der Waals surface area contributed by atoms with Gasteiger partial charge in [-0.1, -0.05) is 24.3 Å². The Morgan fingerprint density at radius 2 is 1.75 bits per heavy atom. The van der Waals surface area contributed by atoms with Crippen molar-refractivity contribution in [2.24, 2.45) is 5.73 Å². The summed E-state index contributed by atoms with van der Waals surface area (Å²) in [5.74, 6) is -1.22. The van der Waals surface area contributed by atoms with Crippen LogP contribution in [0.2, 0.25) is 0 Å². The molecule has 0 unspecified atom stereocenters. The van der Waals surface area contributed by atoms with Gasteiger partial charge in [-0.05, 0) is 31.9 Å². The minimum Gasteiger partial charge on any atom is -0.480 e. The second kappa shape index (κ2) is 6.52. The van der Waals surface area contributed by atoms with Crippen molar-refractivity contribution in [3.8, 4) is 0 Å². The average Bonchev–Trinajstić information content (AvgIpc) is 2.35. The van der Waals surface area contributed by atoms with Crippen LogP contribution in [0.25, 0.3) is 0 Å². The molecule has 1 amide bonds. The molecule has 0 fully saturated rings. The molecule has 0 aromatic heterocycles. The minimum absolute atomic E-state index is 0.165. The normalized spacial score (nSPS) is 11.2. The maximum Gasteiger partial charge on any atom is 0.323 e. The van der Waals surface area contributed by atoms with Gasteiger partial charge in [0.25, 0.3) is 0 Å². The van der Waals surface area contributed by atoms with E-state index >= 15 is 0 Å². The van der Waals surface area contributed by atoms with Gasteiger partial charge < -0.3 is 15.7 Å². The topological polar surface area (TPSA) is 83.6 Å². The summed E-state index contributed by atoms with van der Waals surface area (Å²) in [6.45, 7) is 5.53. The third-order valence-electron chi connectivity index (χ3n) is 3.08. The first-order valence-corrected chi connectivity index (χ1v) is 6.55. The highest BCUT2D eigenvalue weighted by Crippen LogP contribution is 2.17. The molecule has 5 heteroatoms. The summed E-state index contributed by atoms with van der Waals surface area (Å²) in [6, 6.07) is 7.44. The first-order chi connectivity index (χ1) is 9.25. The molecule has 3 N–H and O–H groups in total. The van der Waals surface area contributed by atoms with E-state index in [4.69, 9.17) is 10.8 Å². The number of nitrogens with zero attached hydrogens (tertiary/aromatic N) is 1. The molecule has 0 saturated carbocycles. The van der Waals surface area contributed by atoms with Crippen LogP contribution in [-0.4, -0.2) is 34.0 Å². The van der Waals surface area contributed by atoms with Gasteiger partial charge in [0.1, 0.15) is 6.54 Å². The molecule has 0 heterocycles. The van der Waals surface area contributed by atoms with Crippen molar-refractivity contribution in [3.63, 3.8) is 0 Å². The van der Waals surface area contributed by atoms with Gasteiger partial charge in [0.15, 0.2) is 0 Å². The maximum atomic E-state index is 12.4. The maximum absolute atomic E-state index is 12.4. The van der Waals surface area contributed by atoms with Crippen LogP contribution in [-0.2, 0) is 22.6 Å². The lowest BCUT2D eigenvalue weighted by molar-refractivity contribution is -0.147. The molecule has 5 nitrogen and oxygen atoms in total. The van der Waals surface area contributed by atoms with Crippen LogP contribution in [0, 0.1) is 0 Å². The van der Waals surface area contributed by atoms with Gasteiger partial charge in [0, 0.05) is 12.1 Å². The van der Waals surface area contributed by atoms with Gasteiger partial charge in [-0.3, -0.25) is 9.59 Å². The Kier molecular flexibility index (Phi) is 5.27. The smallest absolute Gasteiger partial charge is 0.323 e. The number of hydrogen-bond acceptors (Lipinski definition) is 3. The molecule has 0 radical (unpaired) electrons. The van der Waals surface area contributed by atoms with Crippen LogP contribution < -0.4 is 5.73 Å². The average molecular weight is 278 g/mol. The molecule has 0 aliphatic carbocycles. The summed E-state index contributed by atoms with van der Waals surface area (Å²) >= 11 is 0. The molecule has 0 saturated heterocycles. The molecule has 110 valence electrons. The number of nitrogens with two attached hydrogens (primary N) is 1. The monoisotopic (exact) mass is 278 g/mol. The zero-order valence-corrected chi connectivity index (χ0v) is 12.2. The first kappa shape index (κ1) is 16.2. The van der Waals surface area contributed by atoms with Crippen molar-refractivity contribution < 1.29 is 14.7 Å². The molecular formula is C15H22N2O3. The van der Waals surface area contributed by atoms with Crippen molar-refractivity contribution in [3.05, 3.63) is 35.4 Å². The van der Waals surface area contributed by atoms with E-state index in [1.54, 1.807) is 0 Å². The summed E-state index contributed by atoms with van der Waals surface area (Å²) in [4.78, 5) is 24.7. The van der Waals surface area contributed by atoms with Crippen LogP contribution in [0.1, 0.15) is 31.9 Å². The Morgan fingerprint density at radius 1 is 1.20 bits per heavy atom. The number of carbonyl (C=O) groups excluding carboxylic acids is 1. The molecular weight excluding hydrogens is 256 g/mol. The fourth-order valence-electron chi connectivity index (χ4n) is 2.02. The number of carbonyl (C=O) groups is 2. The molecule has 1 aromatic rings. The molecule has 0 aliphatic heterocycles. The van der Waals surface area contributed by atoms with E-state index in [0.29, 0.717) is 6.54 Å². The molecule has 0 spiro atoms. The van der Waals surface area contributed by atoms with E-state index < -0.39 is 11.5 Å².